The van der Waals surface area contributed by atoms with E-state index in [-0.39, 0.29) is 23.0 Å². The average Bonchev–Trinajstić information content (AvgIpc) is 2.67. The summed E-state index contributed by atoms with van der Waals surface area (Å²) in [4.78, 5) is 12.4. The van der Waals surface area contributed by atoms with Crippen molar-refractivity contribution in [2.24, 2.45) is 0 Å². The first-order valence-corrected chi connectivity index (χ1v) is 9.95. The van der Waals surface area contributed by atoms with Crippen molar-refractivity contribution in [3.63, 3.8) is 0 Å². The lowest BCUT2D eigenvalue weighted by Gasteiger charge is -2.19. The molecular formula is C19H24N2O5S. The number of rotatable bonds is 9. The Morgan fingerprint density at radius 2 is 1.70 bits per heavy atom. The van der Waals surface area contributed by atoms with Crippen LogP contribution in [0.4, 0.5) is 0 Å². The Morgan fingerprint density at radius 1 is 1.04 bits per heavy atom. The molecule has 2 aromatic carbocycles. The number of methoxy groups -OCH3 is 2. The van der Waals surface area contributed by atoms with Crippen molar-refractivity contribution in [3.8, 4) is 11.5 Å². The highest BCUT2D eigenvalue weighted by atomic mass is 32.2. The number of sulfonamides is 1. The second-order valence-electron chi connectivity index (χ2n) is 5.77. The largest absolute Gasteiger partial charge is 0.493 e. The molecule has 2 rings (SSSR count). The molecule has 7 nitrogen and oxygen atoms in total. The van der Waals surface area contributed by atoms with Crippen molar-refractivity contribution in [2.45, 2.75) is 24.3 Å². The van der Waals surface area contributed by atoms with Crippen LogP contribution in [0.15, 0.2) is 53.4 Å². The lowest BCUT2D eigenvalue weighted by Crippen LogP contribution is -2.47. The van der Waals surface area contributed by atoms with Gasteiger partial charge in [0, 0.05) is 12.6 Å². The summed E-state index contributed by atoms with van der Waals surface area (Å²) in [5, 5.41) is 2.67. The normalized spacial score (nSPS) is 12.3. The lowest BCUT2D eigenvalue weighted by molar-refractivity contribution is -0.122. The maximum absolute atomic E-state index is 12.8. The first-order chi connectivity index (χ1) is 12.9. The molecular weight excluding hydrogens is 368 g/mol. The van der Waals surface area contributed by atoms with E-state index in [2.05, 4.69) is 10.0 Å². The summed E-state index contributed by atoms with van der Waals surface area (Å²) in [6.07, 6.45) is 0.235. The fourth-order valence-corrected chi connectivity index (χ4v) is 3.78. The molecule has 0 saturated heterocycles. The highest BCUT2D eigenvalue weighted by Gasteiger charge is 2.26. The van der Waals surface area contributed by atoms with Crippen molar-refractivity contribution in [3.05, 3.63) is 54.1 Å². The zero-order chi connectivity index (χ0) is 19.9. The van der Waals surface area contributed by atoms with Gasteiger partial charge in [0.1, 0.15) is 6.04 Å². The Kier molecular flexibility index (Phi) is 7.20. The van der Waals surface area contributed by atoms with Crippen molar-refractivity contribution in [2.75, 3.05) is 20.8 Å². The Hall–Kier alpha value is -2.58. The molecule has 0 heterocycles. The van der Waals surface area contributed by atoms with E-state index in [0.717, 1.165) is 5.56 Å². The van der Waals surface area contributed by atoms with Gasteiger partial charge in [0.15, 0.2) is 11.5 Å². The molecule has 8 heteroatoms. The monoisotopic (exact) mass is 392 g/mol. The van der Waals surface area contributed by atoms with Crippen LogP contribution in [0.5, 0.6) is 11.5 Å². The molecule has 146 valence electrons. The van der Waals surface area contributed by atoms with Crippen molar-refractivity contribution in [1.82, 2.24) is 10.0 Å². The van der Waals surface area contributed by atoms with Gasteiger partial charge in [-0.1, -0.05) is 30.3 Å². The summed E-state index contributed by atoms with van der Waals surface area (Å²) in [7, 11) is -1.05. The first-order valence-electron chi connectivity index (χ1n) is 8.47. The third-order valence-electron chi connectivity index (χ3n) is 3.91. The van der Waals surface area contributed by atoms with Crippen LogP contribution in [-0.4, -0.2) is 41.1 Å². The van der Waals surface area contributed by atoms with Gasteiger partial charge in [0.25, 0.3) is 0 Å². The van der Waals surface area contributed by atoms with Crippen LogP contribution in [0.1, 0.15) is 12.5 Å². The van der Waals surface area contributed by atoms with E-state index in [9.17, 15) is 13.2 Å². The van der Waals surface area contributed by atoms with Crippen LogP contribution >= 0.6 is 0 Å². The fourth-order valence-electron chi connectivity index (χ4n) is 2.57. The van der Waals surface area contributed by atoms with E-state index in [1.807, 2.05) is 30.3 Å². The van der Waals surface area contributed by atoms with Gasteiger partial charge in [-0.3, -0.25) is 4.79 Å². The molecule has 0 aromatic heterocycles. The summed E-state index contributed by atoms with van der Waals surface area (Å²) in [5.41, 5.74) is 0.851. The molecule has 0 aliphatic heterocycles. The van der Waals surface area contributed by atoms with Gasteiger partial charge in [0.05, 0.1) is 19.1 Å². The minimum atomic E-state index is -3.95. The number of nitrogens with one attached hydrogen (secondary N) is 2. The van der Waals surface area contributed by atoms with Crippen LogP contribution in [0.25, 0.3) is 0 Å². The van der Waals surface area contributed by atoms with Crippen LogP contribution < -0.4 is 19.5 Å². The van der Waals surface area contributed by atoms with Crippen LogP contribution in [0.3, 0.4) is 0 Å². The van der Waals surface area contributed by atoms with Crippen molar-refractivity contribution >= 4 is 15.9 Å². The molecule has 2 aromatic rings. The number of likely N-dealkylation sites (N-methyl/N-ethyl adjacent to an activating group) is 1. The molecule has 0 fully saturated rings. The molecule has 0 spiro atoms. The summed E-state index contributed by atoms with van der Waals surface area (Å²) < 4.78 is 38.4. The summed E-state index contributed by atoms with van der Waals surface area (Å²) in [6, 6.07) is 12.6. The van der Waals surface area contributed by atoms with E-state index < -0.39 is 16.1 Å². The number of benzene rings is 2. The zero-order valence-corrected chi connectivity index (χ0v) is 16.4. The van der Waals surface area contributed by atoms with Gasteiger partial charge in [-0.2, -0.15) is 4.72 Å². The number of carbonyl (C=O) groups excluding carboxylic acids is 1. The van der Waals surface area contributed by atoms with Gasteiger partial charge >= 0.3 is 0 Å². The van der Waals surface area contributed by atoms with E-state index >= 15 is 0 Å². The number of hydrogen-bond acceptors (Lipinski definition) is 5. The number of amides is 1. The van der Waals surface area contributed by atoms with E-state index in [1.54, 1.807) is 6.92 Å². The average molecular weight is 392 g/mol. The van der Waals surface area contributed by atoms with E-state index in [0.29, 0.717) is 12.3 Å². The molecule has 0 bridgehead atoms. The smallest absolute Gasteiger partial charge is 0.241 e. The molecule has 0 saturated carbocycles. The van der Waals surface area contributed by atoms with Gasteiger partial charge in [-0.25, -0.2) is 8.42 Å². The predicted octanol–water partition coefficient (Wildman–Crippen LogP) is 1.73. The zero-order valence-electron chi connectivity index (χ0n) is 15.6. The second-order valence-corrected chi connectivity index (χ2v) is 7.49. The van der Waals surface area contributed by atoms with Crippen molar-refractivity contribution < 1.29 is 22.7 Å². The molecule has 1 amide bonds. The summed E-state index contributed by atoms with van der Waals surface area (Å²) >= 11 is 0. The maximum Gasteiger partial charge on any atom is 0.241 e. The van der Waals surface area contributed by atoms with Gasteiger partial charge in [-0.05, 0) is 31.0 Å². The van der Waals surface area contributed by atoms with Crippen LogP contribution in [0.2, 0.25) is 0 Å². The quantitative estimate of drug-likeness (QED) is 0.678. The molecule has 0 radical (unpaired) electrons. The van der Waals surface area contributed by atoms with Crippen LogP contribution in [0, 0.1) is 0 Å². The third-order valence-corrected chi connectivity index (χ3v) is 5.38. The number of carbonyl (C=O) groups is 1. The number of hydrogen-bond donors (Lipinski definition) is 2. The molecule has 27 heavy (non-hydrogen) atoms. The van der Waals surface area contributed by atoms with Crippen LogP contribution in [-0.2, 0) is 21.2 Å². The number of ether oxygens (including phenoxy) is 2. The Labute approximate surface area is 159 Å². The Balaban J connectivity index is 2.30. The minimum Gasteiger partial charge on any atom is -0.493 e. The topological polar surface area (TPSA) is 93.7 Å². The first kappa shape index (κ1) is 20.7. The third kappa shape index (κ3) is 5.45. The van der Waals surface area contributed by atoms with E-state index in [1.165, 1.54) is 32.4 Å². The minimum absolute atomic E-state index is 0.0116. The fraction of sp³-hybridized carbons (Fsp3) is 0.316. The predicted molar refractivity (Wildman–Crippen MR) is 102 cm³/mol. The van der Waals surface area contributed by atoms with Gasteiger partial charge in [0.2, 0.25) is 15.9 Å². The SMILES string of the molecule is CCNC(=O)[C@@H](Cc1ccccc1)NS(=O)(=O)c1ccc(OC)c(OC)c1. The molecule has 0 aliphatic carbocycles. The standard InChI is InChI=1S/C19H24N2O5S/c1-4-20-19(22)16(12-14-8-6-5-7-9-14)21-27(23,24)15-10-11-17(25-2)18(13-15)26-3/h5-11,13,16,21H,4,12H2,1-3H3,(H,20,22)/t16-/m1/s1. The Morgan fingerprint density at radius 3 is 2.30 bits per heavy atom. The molecule has 0 aliphatic rings. The highest BCUT2D eigenvalue weighted by Crippen LogP contribution is 2.29. The molecule has 1 atom stereocenters. The summed E-state index contributed by atoms with van der Waals surface area (Å²) in [5.74, 6) is 0.324. The van der Waals surface area contributed by atoms with Crippen molar-refractivity contribution in [1.29, 1.82) is 0 Å². The lowest BCUT2D eigenvalue weighted by atomic mass is 10.1. The molecule has 2 N–H and O–H groups in total. The van der Waals surface area contributed by atoms with E-state index in [4.69, 9.17) is 9.47 Å². The summed E-state index contributed by atoms with van der Waals surface area (Å²) in [6.45, 7) is 2.18. The maximum atomic E-state index is 12.8. The van der Waals surface area contributed by atoms with Gasteiger partial charge < -0.3 is 14.8 Å². The second kappa shape index (κ2) is 9.38. The van der Waals surface area contributed by atoms with Gasteiger partial charge in [-0.15, -0.1) is 0 Å². The highest BCUT2D eigenvalue weighted by molar-refractivity contribution is 7.89. The molecule has 0 unspecified atom stereocenters. The Bertz CT molecular complexity index is 869.